The third-order valence-electron chi connectivity index (χ3n) is 3.07. The highest BCUT2D eigenvalue weighted by molar-refractivity contribution is 6.29. The van der Waals surface area contributed by atoms with Crippen LogP contribution in [0.25, 0.3) is 0 Å². The minimum absolute atomic E-state index is 0.220. The Kier molecular flexibility index (Phi) is 3.38. The van der Waals surface area contributed by atoms with Gasteiger partial charge in [-0.1, -0.05) is 11.6 Å². The molecular formula is C13H16ClN5. The van der Waals surface area contributed by atoms with Gasteiger partial charge in [-0.2, -0.15) is 5.10 Å². The van der Waals surface area contributed by atoms with Crippen molar-refractivity contribution in [2.24, 2.45) is 0 Å². The highest BCUT2D eigenvalue weighted by atomic mass is 35.5. The Morgan fingerprint density at radius 3 is 3.00 bits per heavy atom. The normalized spacial score (nSPS) is 16.3. The number of nitrogens with zero attached hydrogens (tertiary/aromatic N) is 4. The molecule has 1 atom stereocenters. The quantitative estimate of drug-likeness (QED) is 0.854. The lowest BCUT2D eigenvalue weighted by molar-refractivity contribution is 0.559. The standard InChI is InChI=1S/C13H16ClN5/c1-9(8-19-6-2-5-15-19)16-12-7-11(14)17-13(18-12)10-3-4-10/h2,5-7,9-10H,3-4,8H2,1H3,(H,16,17,18). The van der Waals surface area contributed by atoms with E-state index in [0.717, 1.165) is 18.2 Å². The summed E-state index contributed by atoms with van der Waals surface area (Å²) in [7, 11) is 0. The lowest BCUT2D eigenvalue weighted by Crippen LogP contribution is -2.23. The largest absolute Gasteiger partial charge is 0.366 e. The molecule has 1 N–H and O–H groups in total. The van der Waals surface area contributed by atoms with Crippen LogP contribution in [0.4, 0.5) is 5.82 Å². The average molecular weight is 278 g/mol. The first-order valence-electron chi connectivity index (χ1n) is 6.49. The molecule has 0 spiro atoms. The third kappa shape index (κ3) is 3.23. The number of nitrogens with one attached hydrogen (secondary N) is 1. The van der Waals surface area contributed by atoms with E-state index in [1.807, 2.05) is 16.9 Å². The maximum atomic E-state index is 6.04. The van der Waals surface area contributed by atoms with Gasteiger partial charge in [0.05, 0.1) is 6.54 Å². The van der Waals surface area contributed by atoms with E-state index in [4.69, 9.17) is 11.6 Å². The van der Waals surface area contributed by atoms with Gasteiger partial charge in [0.1, 0.15) is 16.8 Å². The van der Waals surface area contributed by atoms with Crippen LogP contribution >= 0.6 is 11.6 Å². The van der Waals surface area contributed by atoms with E-state index in [2.05, 4.69) is 27.3 Å². The molecule has 1 fully saturated rings. The SMILES string of the molecule is CC(Cn1cccn1)Nc1cc(Cl)nc(C2CC2)n1. The van der Waals surface area contributed by atoms with Crippen molar-refractivity contribution in [3.05, 3.63) is 35.5 Å². The van der Waals surface area contributed by atoms with Gasteiger partial charge in [-0.25, -0.2) is 9.97 Å². The molecule has 0 aliphatic heterocycles. The van der Waals surface area contributed by atoms with E-state index < -0.39 is 0 Å². The summed E-state index contributed by atoms with van der Waals surface area (Å²) >= 11 is 6.04. The summed E-state index contributed by atoms with van der Waals surface area (Å²) in [6.45, 7) is 2.88. The van der Waals surface area contributed by atoms with Crippen molar-refractivity contribution in [2.45, 2.75) is 38.3 Å². The van der Waals surface area contributed by atoms with Gasteiger partial charge >= 0.3 is 0 Å². The molecule has 0 aromatic carbocycles. The zero-order valence-corrected chi connectivity index (χ0v) is 11.5. The molecule has 100 valence electrons. The van der Waals surface area contributed by atoms with Crippen molar-refractivity contribution in [1.82, 2.24) is 19.7 Å². The number of halogens is 1. The monoisotopic (exact) mass is 277 g/mol. The summed E-state index contributed by atoms with van der Waals surface area (Å²) in [5.41, 5.74) is 0. The molecule has 5 nitrogen and oxygen atoms in total. The number of hydrogen-bond donors (Lipinski definition) is 1. The topological polar surface area (TPSA) is 55.6 Å². The van der Waals surface area contributed by atoms with Crippen LogP contribution in [0.3, 0.4) is 0 Å². The van der Waals surface area contributed by atoms with Gasteiger partial charge in [0.25, 0.3) is 0 Å². The van der Waals surface area contributed by atoms with Crippen LogP contribution in [0, 0.1) is 0 Å². The van der Waals surface area contributed by atoms with Crippen LogP contribution in [-0.2, 0) is 6.54 Å². The second-order valence-corrected chi connectivity index (χ2v) is 5.37. The number of aromatic nitrogens is 4. The van der Waals surface area contributed by atoms with Crippen LogP contribution in [0.1, 0.15) is 31.5 Å². The molecule has 6 heteroatoms. The first kappa shape index (κ1) is 12.4. The van der Waals surface area contributed by atoms with Gasteiger partial charge in [-0.15, -0.1) is 0 Å². The first-order valence-corrected chi connectivity index (χ1v) is 6.87. The van der Waals surface area contributed by atoms with E-state index in [-0.39, 0.29) is 6.04 Å². The molecular weight excluding hydrogens is 262 g/mol. The number of rotatable bonds is 5. The average Bonchev–Trinajstić information content (AvgIpc) is 3.08. The van der Waals surface area contributed by atoms with Crippen LogP contribution in [0.2, 0.25) is 5.15 Å². The molecule has 1 aliphatic rings. The van der Waals surface area contributed by atoms with E-state index in [1.165, 1.54) is 12.8 Å². The van der Waals surface area contributed by atoms with Crippen molar-refractivity contribution in [2.75, 3.05) is 5.32 Å². The van der Waals surface area contributed by atoms with Gasteiger partial charge < -0.3 is 5.32 Å². The van der Waals surface area contributed by atoms with E-state index in [0.29, 0.717) is 11.1 Å². The second kappa shape index (κ2) is 5.17. The summed E-state index contributed by atoms with van der Waals surface area (Å²) in [4.78, 5) is 8.80. The Labute approximate surface area is 117 Å². The molecule has 0 radical (unpaired) electrons. The predicted octanol–water partition coefficient (Wildman–Crippen LogP) is 2.70. The Hall–Kier alpha value is -1.62. The molecule has 2 heterocycles. The maximum absolute atomic E-state index is 6.04. The molecule has 3 rings (SSSR count). The minimum Gasteiger partial charge on any atom is -0.366 e. The van der Waals surface area contributed by atoms with Gasteiger partial charge in [-0.3, -0.25) is 4.68 Å². The lowest BCUT2D eigenvalue weighted by Gasteiger charge is -2.15. The summed E-state index contributed by atoms with van der Waals surface area (Å²) in [5, 5.41) is 8.04. The molecule has 0 bridgehead atoms. The van der Waals surface area contributed by atoms with Gasteiger partial charge in [0, 0.05) is 30.4 Å². The van der Waals surface area contributed by atoms with Gasteiger partial charge in [0.2, 0.25) is 0 Å². The van der Waals surface area contributed by atoms with Crippen molar-refractivity contribution < 1.29 is 0 Å². The van der Waals surface area contributed by atoms with Gasteiger partial charge in [-0.05, 0) is 25.8 Å². The Balaban J connectivity index is 1.68. The zero-order chi connectivity index (χ0) is 13.2. The number of hydrogen-bond acceptors (Lipinski definition) is 4. The molecule has 0 saturated heterocycles. The van der Waals surface area contributed by atoms with Crippen molar-refractivity contribution in [3.8, 4) is 0 Å². The third-order valence-corrected chi connectivity index (χ3v) is 3.26. The lowest BCUT2D eigenvalue weighted by atomic mass is 10.3. The highest BCUT2D eigenvalue weighted by Gasteiger charge is 2.27. The maximum Gasteiger partial charge on any atom is 0.135 e. The minimum atomic E-state index is 0.220. The smallest absolute Gasteiger partial charge is 0.135 e. The van der Waals surface area contributed by atoms with Gasteiger partial charge in [0.15, 0.2) is 0 Å². The van der Waals surface area contributed by atoms with Crippen molar-refractivity contribution in [3.63, 3.8) is 0 Å². The molecule has 1 unspecified atom stereocenters. The molecule has 0 amide bonds. The molecule has 19 heavy (non-hydrogen) atoms. The predicted molar refractivity (Wildman–Crippen MR) is 74.3 cm³/mol. The Morgan fingerprint density at radius 1 is 1.47 bits per heavy atom. The molecule has 1 aliphatic carbocycles. The van der Waals surface area contributed by atoms with Crippen LogP contribution in [-0.4, -0.2) is 25.8 Å². The van der Waals surface area contributed by atoms with Crippen LogP contribution in [0.15, 0.2) is 24.5 Å². The van der Waals surface area contributed by atoms with Crippen LogP contribution < -0.4 is 5.32 Å². The fourth-order valence-electron chi connectivity index (χ4n) is 2.02. The summed E-state index contributed by atoms with van der Waals surface area (Å²) in [6.07, 6.45) is 6.06. The number of anilines is 1. The van der Waals surface area contributed by atoms with Crippen LogP contribution in [0.5, 0.6) is 0 Å². The Bertz CT molecular complexity index is 550. The van der Waals surface area contributed by atoms with E-state index >= 15 is 0 Å². The summed E-state index contributed by atoms with van der Waals surface area (Å²) in [5.74, 6) is 2.16. The summed E-state index contributed by atoms with van der Waals surface area (Å²) in [6, 6.07) is 3.91. The first-order chi connectivity index (χ1) is 9.20. The fourth-order valence-corrected chi connectivity index (χ4v) is 2.21. The zero-order valence-electron chi connectivity index (χ0n) is 10.8. The van der Waals surface area contributed by atoms with E-state index in [1.54, 1.807) is 12.3 Å². The molecule has 2 aromatic rings. The highest BCUT2D eigenvalue weighted by Crippen LogP contribution is 2.38. The van der Waals surface area contributed by atoms with E-state index in [9.17, 15) is 0 Å². The fraction of sp³-hybridized carbons (Fsp3) is 0.462. The molecule has 1 saturated carbocycles. The summed E-state index contributed by atoms with van der Waals surface area (Å²) < 4.78 is 1.89. The Morgan fingerprint density at radius 2 is 2.32 bits per heavy atom. The second-order valence-electron chi connectivity index (χ2n) is 4.98. The van der Waals surface area contributed by atoms with Crippen molar-refractivity contribution >= 4 is 17.4 Å². The molecule has 2 aromatic heterocycles. The van der Waals surface area contributed by atoms with Crippen molar-refractivity contribution in [1.29, 1.82) is 0 Å².